The number of likely N-dealkylation sites (N-methyl/N-ethyl adjacent to an activating group) is 1. The Morgan fingerprint density at radius 3 is 2.40 bits per heavy atom. The van der Waals surface area contributed by atoms with Crippen LogP contribution in [0.4, 0.5) is 0 Å². The van der Waals surface area contributed by atoms with Gasteiger partial charge in [-0.3, -0.25) is 9.69 Å². The molecule has 0 saturated carbocycles. The number of furan rings is 1. The Labute approximate surface area is 155 Å². The van der Waals surface area contributed by atoms with Gasteiger partial charge in [-0.05, 0) is 55.8 Å². The van der Waals surface area contributed by atoms with Gasteiger partial charge in [0.15, 0.2) is 0 Å². The molecule has 2 unspecified atom stereocenters. The molecule has 1 heterocycles. The lowest BCUT2D eigenvalue weighted by Gasteiger charge is -2.24. The average molecular weight is 363 g/mol. The van der Waals surface area contributed by atoms with Crippen LogP contribution >= 0.6 is 11.6 Å². The summed E-state index contributed by atoms with van der Waals surface area (Å²) in [6, 6.07) is 11.6. The van der Waals surface area contributed by atoms with Crippen LogP contribution in [0, 0.1) is 5.92 Å². The van der Waals surface area contributed by atoms with Crippen LogP contribution in [-0.4, -0.2) is 31.4 Å². The Bertz CT molecular complexity index is 651. The monoisotopic (exact) mass is 362 g/mol. The van der Waals surface area contributed by atoms with E-state index >= 15 is 0 Å². The molecule has 0 saturated heterocycles. The van der Waals surface area contributed by atoms with Crippen LogP contribution in [0.5, 0.6) is 0 Å². The maximum atomic E-state index is 12.5. The highest BCUT2D eigenvalue weighted by atomic mass is 35.5. The number of carbonyl (C=O) groups excluding carboxylic acids is 1. The largest absolute Gasteiger partial charge is 0.468 e. The third kappa shape index (κ3) is 5.62. The molecule has 0 radical (unpaired) electrons. The van der Waals surface area contributed by atoms with Crippen molar-refractivity contribution >= 4 is 17.5 Å². The van der Waals surface area contributed by atoms with Gasteiger partial charge >= 0.3 is 0 Å². The molecule has 2 atom stereocenters. The topological polar surface area (TPSA) is 45.5 Å². The summed E-state index contributed by atoms with van der Waals surface area (Å²) in [5.41, 5.74) is 1.14. The molecule has 0 aliphatic rings. The second-order valence-corrected chi connectivity index (χ2v) is 7.34. The Morgan fingerprint density at radius 1 is 1.20 bits per heavy atom. The van der Waals surface area contributed by atoms with E-state index in [1.165, 1.54) is 0 Å². The standard InChI is InChI=1S/C20H27ClN2O2/c1-14(2)17(15-7-9-16(21)10-8-15)12-20(24)22-13-18(23(3)4)19-6-5-11-25-19/h5-11,14,17-18H,12-13H2,1-4H3,(H,22,24). The Kier molecular flexibility index (Phi) is 7.09. The second-order valence-electron chi connectivity index (χ2n) is 6.91. The lowest BCUT2D eigenvalue weighted by atomic mass is 9.85. The van der Waals surface area contributed by atoms with E-state index in [9.17, 15) is 4.79 Å². The molecular weight excluding hydrogens is 336 g/mol. The number of rotatable bonds is 8. The van der Waals surface area contributed by atoms with Crippen molar-refractivity contribution in [3.8, 4) is 0 Å². The van der Waals surface area contributed by atoms with Crippen molar-refractivity contribution in [2.45, 2.75) is 32.2 Å². The minimum Gasteiger partial charge on any atom is -0.468 e. The smallest absolute Gasteiger partial charge is 0.220 e. The fraction of sp³-hybridized carbons (Fsp3) is 0.450. The van der Waals surface area contributed by atoms with Gasteiger partial charge in [-0.2, -0.15) is 0 Å². The average Bonchev–Trinajstić information content (AvgIpc) is 3.07. The zero-order chi connectivity index (χ0) is 18.4. The van der Waals surface area contributed by atoms with Crippen molar-refractivity contribution in [3.63, 3.8) is 0 Å². The molecule has 1 aromatic carbocycles. The van der Waals surface area contributed by atoms with Crippen molar-refractivity contribution in [2.24, 2.45) is 5.92 Å². The third-order valence-corrected chi connectivity index (χ3v) is 4.75. The summed E-state index contributed by atoms with van der Waals surface area (Å²) in [7, 11) is 3.95. The van der Waals surface area contributed by atoms with E-state index in [0.29, 0.717) is 23.9 Å². The van der Waals surface area contributed by atoms with Crippen LogP contribution in [0.1, 0.15) is 43.6 Å². The number of amides is 1. The summed E-state index contributed by atoms with van der Waals surface area (Å²) in [4.78, 5) is 14.5. The molecule has 1 amide bonds. The Balaban J connectivity index is 1.98. The minimum absolute atomic E-state index is 0.0204. The number of hydrogen-bond donors (Lipinski definition) is 1. The highest BCUT2D eigenvalue weighted by Gasteiger charge is 2.22. The summed E-state index contributed by atoms with van der Waals surface area (Å²) >= 11 is 5.97. The van der Waals surface area contributed by atoms with Gasteiger partial charge in [-0.25, -0.2) is 0 Å². The van der Waals surface area contributed by atoms with E-state index < -0.39 is 0 Å². The van der Waals surface area contributed by atoms with Gasteiger partial charge in [-0.1, -0.05) is 37.6 Å². The third-order valence-electron chi connectivity index (χ3n) is 4.50. The van der Waals surface area contributed by atoms with E-state index in [1.54, 1.807) is 6.26 Å². The maximum absolute atomic E-state index is 12.5. The lowest BCUT2D eigenvalue weighted by molar-refractivity contribution is -0.121. The molecule has 2 rings (SSSR count). The van der Waals surface area contributed by atoms with Crippen molar-refractivity contribution in [1.29, 1.82) is 0 Å². The molecule has 1 aromatic heterocycles. The molecule has 136 valence electrons. The quantitative estimate of drug-likeness (QED) is 0.752. The van der Waals surface area contributed by atoms with E-state index in [0.717, 1.165) is 11.3 Å². The predicted octanol–water partition coefficient (Wildman–Crippen LogP) is 4.48. The van der Waals surface area contributed by atoms with Gasteiger partial charge < -0.3 is 9.73 Å². The first kappa shape index (κ1) is 19.5. The van der Waals surface area contributed by atoms with Crippen molar-refractivity contribution in [1.82, 2.24) is 10.2 Å². The first-order valence-electron chi connectivity index (χ1n) is 8.60. The van der Waals surface area contributed by atoms with Crippen LogP contribution in [0.15, 0.2) is 47.1 Å². The van der Waals surface area contributed by atoms with E-state index in [-0.39, 0.29) is 17.9 Å². The Morgan fingerprint density at radius 2 is 1.88 bits per heavy atom. The number of hydrogen-bond acceptors (Lipinski definition) is 3. The summed E-state index contributed by atoms with van der Waals surface area (Å²) in [5.74, 6) is 1.43. The summed E-state index contributed by atoms with van der Waals surface area (Å²) in [5, 5.41) is 3.76. The molecule has 0 bridgehead atoms. The minimum atomic E-state index is 0.0204. The predicted molar refractivity (Wildman–Crippen MR) is 102 cm³/mol. The first-order valence-corrected chi connectivity index (χ1v) is 8.98. The fourth-order valence-electron chi connectivity index (χ4n) is 2.95. The number of nitrogens with one attached hydrogen (secondary N) is 1. The molecule has 0 aliphatic carbocycles. The van der Waals surface area contributed by atoms with Crippen LogP contribution in [-0.2, 0) is 4.79 Å². The second kappa shape index (κ2) is 9.07. The van der Waals surface area contributed by atoms with Gasteiger partial charge in [0.1, 0.15) is 5.76 Å². The van der Waals surface area contributed by atoms with Crippen molar-refractivity contribution < 1.29 is 9.21 Å². The van der Waals surface area contributed by atoms with Gasteiger partial charge in [0.2, 0.25) is 5.91 Å². The molecule has 5 heteroatoms. The summed E-state index contributed by atoms with van der Waals surface area (Å²) in [6.45, 7) is 4.79. The van der Waals surface area contributed by atoms with Gasteiger partial charge in [0, 0.05) is 18.0 Å². The van der Waals surface area contributed by atoms with E-state index in [2.05, 4.69) is 19.2 Å². The Hall–Kier alpha value is -1.78. The molecule has 1 N–H and O–H groups in total. The van der Waals surface area contributed by atoms with Crippen LogP contribution < -0.4 is 5.32 Å². The normalized spacial score (nSPS) is 13.9. The number of halogens is 1. The first-order chi connectivity index (χ1) is 11.9. The maximum Gasteiger partial charge on any atom is 0.220 e. The number of carbonyl (C=O) groups is 1. The highest BCUT2D eigenvalue weighted by Crippen LogP contribution is 2.29. The molecule has 0 aliphatic heterocycles. The molecule has 25 heavy (non-hydrogen) atoms. The van der Waals surface area contributed by atoms with E-state index in [1.807, 2.05) is 55.4 Å². The number of nitrogens with zero attached hydrogens (tertiary/aromatic N) is 1. The summed E-state index contributed by atoms with van der Waals surface area (Å²) in [6.07, 6.45) is 2.11. The molecule has 4 nitrogen and oxygen atoms in total. The fourth-order valence-corrected chi connectivity index (χ4v) is 3.08. The highest BCUT2D eigenvalue weighted by molar-refractivity contribution is 6.30. The van der Waals surface area contributed by atoms with E-state index in [4.69, 9.17) is 16.0 Å². The SMILES string of the molecule is CC(C)C(CC(=O)NCC(c1ccco1)N(C)C)c1ccc(Cl)cc1. The molecule has 2 aromatic rings. The number of benzene rings is 1. The molecule has 0 fully saturated rings. The van der Waals surface area contributed by atoms with Gasteiger partial charge in [0.25, 0.3) is 0 Å². The summed E-state index contributed by atoms with van der Waals surface area (Å²) < 4.78 is 5.48. The van der Waals surface area contributed by atoms with Gasteiger partial charge in [0.05, 0.1) is 12.3 Å². The molecular formula is C20H27ClN2O2. The van der Waals surface area contributed by atoms with Crippen molar-refractivity contribution in [3.05, 3.63) is 59.0 Å². The van der Waals surface area contributed by atoms with Gasteiger partial charge in [-0.15, -0.1) is 0 Å². The lowest BCUT2D eigenvalue weighted by Crippen LogP contribution is -2.35. The zero-order valence-electron chi connectivity index (χ0n) is 15.3. The van der Waals surface area contributed by atoms with Crippen LogP contribution in [0.2, 0.25) is 5.02 Å². The van der Waals surface area contributed by atoms with Crippen LogP contribution in [0.3, 0.4) is 0 Å². The van der Waals surface area contributed by atoms with Crippen LogP contribution in [0.25, 0.3) is 0 Å². The molecule has 0 spiro atoms. The van der Waals surface area contributed by atoms with Crippen molar-refractivity contribution in [2.75, 3.05) is 20.6 Å². The zero-order valence-corrected chi connectivity index (χ0v) is 16.1.